The highest BCUT2D eigenvalue weighted by Gasteiger charge is 2.28. The molecule has 0 aromatic carbocycles. The van der Waals surface area contributed by atoms with Crippen molar-refractivity contribution in [3.63, 3.8) is 0 Å². The van der Waals surface area contributed by atoms with E-state index < -0.39 is 0 Å². The van der Waals surface area contributed by atoms with Gasteiger partial charge in [-0.05, 0) is 6.54 Å². The smallest absolute Gasteiger partial charge is 0.236 e. The van der Waals surface area contributed by atoms with E-state index in [9.17, 15) is 9.59 Å². The van der Waals surface area contributed by atoms with Crippen molar-refractivity contribution in [2.45, 2.75) is 19.9 Å². The Morgan fingerprint density at radius 1 is 1.16 bits per heavy atom. The normalized spacial score (nSPS) is 20.6. The number of amides is 2. The molecule has 2 saturated heterocycles. The van der Waals surface area contributed by atoms with Gasteiger partial charge in [0.1, 0.15) is 0 Å². The number of hydrogen-bond donors (Lipinski definition) is 1. The van der Waals surface area contributed by atoms with Gasteiger partial charge in [0.15, 0.2) is 0 Å². The van der Waals surface area contributed by atoms with Gasteiger partial charge in [0, 0.05) is 52.2 Å². The number of nitrogens with one attached hydrogen (secondary N) is 1. The molecule has 2 heterocycles. The molecule has 0 atom stereocenters. The molecule has 6 heteroatoms. The van der Waals surface area contributed by atoms with Crippen LogP contribution in [0.4, 0.5) is 0 Å². The molecule has 0 radical (unpaired) electrons. The van der Waals surface area contributed by atoms with Crippen LogP contribution in [0, 0.1) is 0 Å². The lowest BCUT2D eigenvalue weighted by Crippen LogP contribution is -2.60. The summed E-state index contributed by atoms with van der Waals surface area (Å²) < 4.78 is 0. The minimum absolute atomic E-state index is 0.0998. The van der Waals surface area contributed by atoms with Crippen molar-refractivity contribution in [2.24, 2.45) is 0 Å². The summed E-state index contributed by atoms with van der Waals surface area (Å²) in [6.07, 6.45) is 0. The highest BCUT2D eigenvalue weighted by atomic mass is 16.2. The summed E-state index contributed by atoms with van der Waals surface area (Å²) in [5.74, 6) is 0.291. The van der Waals surface area contributed by atoms with E-state index in [1.165, 1.54) is 0 Å². The first-order chi connectivity index (χ1) is 9.11. The Kier molecular flexibility index (Phi) is 4.76. The van der Waals surface area contributed by atoms with Gasteiger partial charge in [-0.1, -0.05) is 6.92 Å². The molecule has 2 aliphatic heterocycles. The Balaban J connectivity index is 1.78. The summed E-state index contributed by atoms with van der Waals surface area (Å²) in [6, 6.07) is 0.507. The van der Waals surface area contributed by atoms with Crippen LogP contribution < -0.4 is 5.32 Å². The number of carbonyl (C=O) groups excluding carboxylic acids is 2. The third kappa shape index (κ3) is 3.45. The second kappa shape index (κ2) is 6.34. The SMILES string of the molecule is CCN(CC(=O)N1CCN(C(C)=O)CC1)C1CNC1. The molecule has 0 unspecified atom stereocenters. The zero-order valence-electron chi connectivity index (χ0n) is 11.9. The predicted molar refractivity (Wildman–Crippen MR) is 72.7 cm³/mol. The van der Waals surface area contributed by atoms with Gasteiger partial charge in [0.2, 0.25) is 11.8 Å². The first-order valence-electron chi connectivity index (χ1n) is 7.10. The molecule has 19 heavy (non-hydrogen) atoms. The lowest BCUT2D eigenvalue weighted by molar-refractivity contribution is -0.139. The van der Waals surface area contributed by atoms with Crippen molar-refractivity contribution < 1.29 is 9.59 Å². The van der Waals surface area contributed by atoms with E-state index in [1.54, 1.807) is 11.8 Å². The van der Waals surface area contributed by atoms with Crippen LogP contribution >= 0.6 is 0 Å². The van der Waals surface area contributed by atoms with E-state index in [4.69, 9.17) is 0 Å². The molecule has 2 amide bonds. The fourth-order valence-corrected chi connectivity index (χ4v) is 2.58. The van der Waals surface area contributed by atoms with Gasteiger partial charge < -0.3 is 15.1 Å². The number of piperazine rings is 1. The molecule has 1 N–H and O–H groups in total. The summed E-state index contributed by atoms with van der Waals surface area (Å²) in [6.45, 7) is 9.72. The van der Waals surface area contributed by atoms with Crippen LogP contribution in [0.25, 0.3) is 0 Å². The van der Waals surface area contributed by atoms with Gasteiger partial charge in [0.05, 0.1) is 6.54 Å². The Bertz CT molecular complexity index is 336. The molecule has 0 saturated carbocycles. The third-order valence-corrected chi connectivity index (χ3v) is 4.10. The summed E-state index contributed by atoms with van der Waals surface area (Å²) in [4.78, 5) is 29.4. The molecule has 0 aliphatic carbocycles. The second-order valence-electron chi connectivity index (χ2n) is 5.26. The van der Waals surface area contributed by atoms with E-state index in [2.05, 4.69) is 17.1 Å². The molecule has 2 aliphatic rings. The van der Waals surface area contributed by atoms with E-state index in [0.29, 0.717) is 38.8 Å². The summed E-state index contributed by atoms with van der Waals surface area (Å²) in [5.41, 5.74) is 0. The zero-order chi connectivity index (χ0) is 13.8. The van der Waals surface area contributed by atoms with E-state index in [0.717, 1.165) is 19.6 Å². The molecule has 0 spiro atoms. The molecular weight excluding hydrogens is 244 g/mol. The maximum atomic E-state index is 12.2. The fourth-order valence-electron chi connectivity index (χ4n) is 2.58. The van der Waals surface area contributed by atoms with Crippen LogP contribution in [0.2, 0.25) is 0 Å². The van der Waals surface area contributed by atoms with Crippen molar-refractivity contribution >= 4 is 11.8 Å². The van der Waals surface area contributed by atoms with Crippen LogP contribution in [0.15, 0.2) is 0 Å². The number of likely N-dealkylation sites (N-methyl/N-ethyl adjacent to an activating group) is 1. The average Bonchev–Trinajstić information content (AvgIpc) is 2.35. The van der Waals surface area contributed by atoms with Crippen molar-refractivity contribution in [1.29, 1.82) is 0 Å². The summed E-state index contributed by atoms with van der Waals surface area (Å²) >= 11 is 0. The lowest BCUT2D eigenvalue weighted by Gasteiger charge is -2.39. The topological polar surface area (TPSA) is 55.9 Å². The zero-order valence-corrected chi connectivity index (χ0v) is 11.9. The van der Waals surface area contributed by atoms with Crippen LogP contribution in [-0.2, 0) is 9.59 Å². The van der Waals surface area contributed by atoms with E-state index in [1.807, 2.05) is 4.90 Å². The summed E-state index contributed by atoms with van der Waals surface area (Å²) in [7, 11) is 0. The van der Waals surface area contributed by atoms with Crippen molar-refractivity contribution in [1.82, 2.24) is 20.0 Å². The standard InChI is InChI=1S/C13H24N4O2/c1-3-15(12-8-14-9-12)10-13(19)17-6-4-16(5-7-17)11(2)18/h12,14H,3-10H2,1-2H3. The van der Waals surface area contributed by atoms with Crippen LogP contribution in [-0.4, -0.2) is 84.9 Å². The molecule has 6 nitrogen and oxygen atoms in total. The predicted octanol–water partition coefficient (Wildman–Crippen LogP) is -1.03. The average molecular weight is 268 g/mol. The van der Waals surface area contributed by atoms with E-state index >= 15 is 0 Å². The van der Waals surface area contributed by atoms with Gasteiger partial charge in [0.25, 0.3) is 0 Å². The maximum absolute atomic E-state index is 12.2. The Labute approximate surface area is 114 Å². The molecule has 0 aromatic heterocycles. The monoisotopic (exact) mass is 268 g/mol. The Hall–Kier alpha value is -1.14. The second-order valence-corrected chi connectivity index (χ2v) is 5.26. The number of nitrogens with zero attached hydrogens (tertiary/aromatic N) is 3. The number of carbonyl (C=O) groups is 2. The minimum atomic E-state index is 0.0998. The first-order valence-corrected chi connectivity index (χ1v) is 7.10. The van der Waals surface area contributed by atoms with Crippen molar-refractivity contribution in [3.8, 4) is 0 Å². The Morgan fingerprint density at radius 2 is 1.74 bits per heavy atom. The van der Waals surface area contributed by atoms with Crippen LogP contribution in [0.5, 0.6) is 0 Å². The highest BCUT2D eigenvalue weighted by molar-refractivity contribution is 5.79. The van der Waals surface area contributed by atoms with Crippen molar-refractivity contribution in [2.75, 3.05) is 52.4 Å². The van der Waals surface area contributed by atoms with Gasteiger partial charge in [-0.25, -0.2) is 0 Å². The highest BCUT2D eigenvalue weighted by Crippen LogP contribution is 2.07. The quantitative estimate of drug-likeness (QED) is 0.708. The first kappa shape index (κ1) is 14.3. The van der Waals surface area contributed by atoms with Gasteiger partial charge in [-0.2, -0.15) is 0 Å². The van der Waals surface area contributed by atoms with Crippen LogP contribution in [0.3, 0.4) is 0 Å². The molecule has 0 bridgehead atoms. The molecule has 0 aromatic rings. The third-order valence-electron chi connectivity index (χ3n) is 4.10. The van der Waals surface area contributed by atoms with Crippen molar-refractivity contribution in [3.05, 3.63) is 0 Å². The largest absolute Gasteiger partial charge is 0.339 e. The lowest BCUT2D eigenvalue weighted by atomic mass is 10.1. The minimum Gasteiger partial charge on any atom is -0.339 e. The van der Waals surface area contributed by atoms with Gasteiger partial charge in [-0.15, -0.1) is 0 Å². The van der Waals surface area contributed by atoms with Gasteiger partial charge in [-0.3, -0.25) is 14.5 Å². The molecule has 2 rings (SSSR count). The fraction of sp³-hybridized carbons (Fsp3) is 0.846. The number of hydrogen-bond acceptors (Lipinski definition) is 4. The molecular formula is C13H24N4O2. The maximum Gasteiger partial charge on any atom is 0.236 e. The van der Waals surface area contributed by atoms with Crippen LogP contribution in [0.1, 0.15) is 13.8 Å². The van der Waals surface area contributed by atoms with Gasteiger partial charge >= 0.3 is 0 Å². The van der Waals surface area contributed by atoms with E-state index in [-0.39, 0.29) is 11.8 Å². The summed E-state index contributed by atoms with van der Waals surface area (Å²) in [5, 5.41) is 3.24. The number of rotatable bonds is 4. The molecule has 108 valence electrons. The Morgan fingerprint density at radius 3 is 2.16 bits per heavy atom. The molecule has 2 fully saturated rings.